The number of carboxylic acids is 1. The van der Waals surface area contributed by atoms with Gasteiger partial charge in [-0.15, -0.1) is 0 Å². The van der Waals surface area contributed by atoms with Crippen LogP contribution in [0.4, 0.5) is 4.79 Å². The van der Waals surface area contributed by atoms with Crippen molar-refractivity contribution in [2.24, 2.45) is 0 Å². The van der Waals surface area contributed by atoms with Crippen LogP contribution in [0.25, 0.3) is 0 Å². The normalized spacial score (nSPS) is 26.5. The van der Waals surface area contributed by atoms with Gasteiger partial charge in [0.15, 0.2) is 6.10 Å². The van der Waals surface area contributed by atoms with Gasteiger partial charge in [0.2, 0.25) is 0 Å². The molecule has 21 heavy (non-hydrogen) atoms. The van der Waals surface area contributed by atoms with E-state index in [1.807, 2.05) is 11.8 Å². The Hall–Kier alpha value is -0.990. The Morgan fingerprint density at radius 3 is 2.67 bits per heavy atom. The van der Waals surface area contributed by atoms with E-state index in [1.165, 1.54) is 0 Å². The molecule has 2 aliphatic rings. The quantitative estimate of drug-likeness (QED) is 0.637. The van der Waals surface area contributed by atoms with E-state index in [4.69, 9.17) is 9.84 Å². The highest BCUT2D eigenvalue weighted by molar-refractivity contribution is 7.99. The van der Waals surface area contributed by atoms with E-state index in [2.05, 4.69) is 15.5 Å². The molecule has 0 aromatic heterocycles. The van der Waals surface area contributed by atoms with Gasteiger partial charge in [0.05, 0.1) is 6.10 Å². The van der Waals surface area contributed by atoms with E-state index in [1.54, 1.807) is 0 Å². The number of nitrogens with one attached hydrogen (secondary N) is 2. The highest BCUT2D eigenvalue weighted by Crippen LogP contribution is 2.19. The first-order chi connectivity index (χ1) is 10.1. The predicted molar refractivity (Wildman–Crippen MR) is 80.7 cm³/mol. The van der Waals surface area contributed by atoms with Gasteiger partial charge in [0, 0.05) is 44.2 Å². The van der Waals surface area contributed by atoms with Crippen molar-refractivity contribution in [2.45, 2.75) is 25.0 Å². The Bertz CT molecular complexity index is 363. The van der Waals surface area contributed by atoms with Gasteiger partial charge in [0.1, 0.15) is 0 Å². The third kappa shape index (κ3) is 5.72. The highest BCUT2D eigenvalue weighted by Gasteiger charge is 2.30. The van der Waals surface area contributed by atoms with Crippen molar-refractivity contribution in [1.29, 1.82) is 0 Å². The number of amides is 2. The molecule has 120 valence electrons. The van der Waals surface area contributed by atoms with Crippen molar-refractivity contribution >= 4 is 23.8 Å². The van der Waals surface area contributed by atoms with E-state index in [0.717, 1.165) is 31.1 Å². The molecule has 8 heteroatoms. The third-order valence-electron chi connectivity index (χ3n) is 3.69. The second kappa shape index (κ2) is 8.45. The van der Waals surface area contributed by atoms with E-state index >= 15 is 0 Å². The van der Waals surface area contributed by atoms with Crippen molar-refractivity contribution in [1.82, 2.24) is 15.5 Å². The van der Waals surface area contributed by atoms with E-state index in [9.17, 15) is 9.59 Å². The zero-order valence-electron chi connectivity index (χ0n) is 12.0. The van der Waals surface area contributed by atoms with Gasteiger partial charge in [-0.05, 0) is 12.8 Å². The molecular weight excluding hydrogens is 294 g/mol. The van der Waals surface area contributed by atoms with Crippen LogP contribution in [-0.4, -0.2) is 78.4 Å². The molecule has 2 aliphatic heterocycles. The lowest BCUT2D eigenvalue weighted by Crippen LogP contribution is -2.44. The number of hydrogen-bond donors (Lipinski definition) is 3. The van der Waals surface area contributed by atoms with Gasteiger partial charge in [0.25, 0.3) is 0 Å². The Morgan fingerprint density at radius 2 is 2.00 bits per heavy atom. The van der Waals surface area contributed by atoms with Crippen LogP contribution in [0.5, 0.6) is 0 Å². The number of carbonyl (C=O) groups is 2. The molecule has 0 aromatic rings. The van der Waals surface area contributed by atoms with E-state index < -0.39 is 12.1 Å². The molecule has 2 fully saturated rings. The number of thioether (sulfide) groups is 1. The molecule has 2 rings (SSSR count). The number of carbonyl (C=O) groups excluding carboxylic acids is 1. The highest BCUT2D eigenvalue weighted by atomic mass is 32.2. The van der Waals surface area contributed by atoms with Crippen LogP contribution in [-0.2, 0) is 9.53 Å². The summed E-state index contributed by atoms with van der Waals surface area (Å²) in [4.78, 5) is 24.7. The summed E-state index contributed by atoms with van der Waals surface area (Å²) in [5, 5.41) is 14.4. The Balaban J connectivity index is 1.52. The topological polar surface area (TPSA) is 90.9 Å². The maximum atomic E-state index is 11.6. The second-order valence-electron chi connectivity index (χ2n) is 5.25. The van der Waals surface area contributed by atoms with E-state index in [-0.39, 0.29) is 12.1 Å². The van der Waals surface area contributed by atoms with Gasteiger partial charge in [-0.25, -0.2) is 9.59 Å². The zero-order valence-corrected chi connectivity index (χ0v) is 12.9. The number of ether oxygens (including phenoxy) is 1. The average molecular weight is 317 g/mol. The van der Waals surface area contributed by atoms with Crippen LogP contribution in [0.2, 0.25) is 0 Å². The van der Waals surface area contributed by atoms with Crippen molar-refractivity contribution in [3.63, 3.8) is 0 Å². The summed E-state index contributed by atoms with van der Waals surface area (Å²) < 4.78 is 5.32. The van der Waals surface area contributed by atoms with Gasteiger partial charge >= 0.3 is 12.0 Å². The number of urea groups is 1. The Morgan fingerprint density at radius 1 is 1.24 bits per heavy atom. The fourth-order valence-electron chi connectivity index (χ4n) is 2.46. The lowest BCUT2D eigenvalue weighted by atomic mass is 10.2. The Labute approximate surface area is 128 Å². The first kappa shape index (κ1) is 16.4. The summed E-state index contributed by atoms with van der Waals surface area (Å²) in [6, 6.07) is -0.219. The second-order valence-corrected chi connectivity index (χ2v) is 6.48. The molecule has 2 saturated heterocycles. The summed E-state index contributed by atoms with van der Waals surface area (Å²) in [6.45, 7) is 4.02. The molecule has 7 nitrogen and oxygen atoms in total. The zero-order chi connectivity index (χ0) is 15.1. The molecule has 2 amide bonds. The van der Waals surface area contributed by atoms with Crippen molar-refractivity contribution in [2.75, 3.05) is 44.2 Å². The summed E-state index contributed by atoms with van der Waals surface area (Å²) in [6.07, 6.45) is 0.256. The third-order valence-corrected chi connectivity index (χ3v) is 4.63. The summed E-state index contributed by atoms with van der Waals surface area (Å²) in [5.41, 5.74) is 0. The van der Waals surface area contributed by atoms with Crippen molar-refractivity contribution < 1.29 is 19.4 Å². The summed E-state index contributed by atoms with van der Waals surface area (Å²) in [5.74, 6) is 1.40. The smallest absolute Gasteiger partial charge is 0.332 e. The van der Waals surface area contributed by atoms with Crippen LogP contribution in [0.1, 0.15) is 12.8 Å². The molecule has 0 saturated carbocycles. The number of nitrogens with zero attached hydrogens (tertiary/aromatic N) is 1. The number of rotatable bonds is 6. The van der Waals surface area contributed by atoms with Crippen molar-refractivity contribution in [3.05, 3.63) is 0 Å². The maximum Gasteiger partial charge on any atom is 0.332 e. The van der Waals surface area contributed by atoms with Crippen LogP contribution >= 0.6 is 11.8 Å². The van der Waals surface area contributed by atoms with E-state index in [0.29, 0.717) is 25.9 Å². The first-order valence-corrected chi connectivity index (χ1v) is 8.50. The maximum absolute atomic E-state index is 11.6. The minimum absolute atomic E-state index is 0.198. The Kier molecular flexibility index (Phi) is 6.59. The van der Waals surface area contributed by atoms with Gasteiger partial charge in [-0.2, -0.15) is 11.8 Å². The van der Waals surface area contributed by atoms with Crippen LogP contribution in [0, 0.1) is 0 Å². The fraction of sp³-hybridized carbons (Fsp3) is 0.846. The molecule has 2 atom stereocenters. The van der Waals surface area contributed by atoms with Gasteiger partial charge < -0.3 is 20.5 Å². The lowest BCUT2D eigenvalue weighted by Gasteiger charge is -2.26. The molecule has 3 N–H and O–H groups in total. The number of hydrogen-bond acceptors (Lipinski definition) is 5. The molecule has 0 bridgehead atoms. The first-order valence-electron chi connectivity index (χ1n) is 7.35. The molecule has 2 unspecified atom stereocenters. The summed E-state index contributed by atoms with van der Waals surface area (Å²) >= 11 is 1.97. The lowest BCUT2D eigenvalue weighted by molar-refractivity contribution is -0.149. The molecule has 0 aliphatic carbocycles. The minimum atomic E-state index is -0.929. The van der Waals surface area contributed by atoms with Crippen LogP contribution in [0.3, 0.4) is 0 Å². The predicted octanol–water partition coefficient (Wildman–Crippen LogP) is -0.0334. The summed E-state index contributed by atoms with van der Waals surface area (Å²) in [7, 11) is 0. The van der Waals surface area contributed by atoms with Crippen LogP contribution in [0.15, 0.2) is 0 Å². The molecule has 0 spiro atoms. The standard InChI is InChI=1S/C13H23N3O4S/c17-12(18)11-2-1-10(20-11)9-15-13(19)14-3-4-16-5-7-21-8-6-16/h10-11H,1-9H2,(H,17,18)(H2,14,15,19). The molecule has 2 heterocycles. The molecule has 0 aromatic carbocycles. The van der Waals surface area contributed by atoms with Gasteiger partial charge in [-0.1, -0.05) is 0 Å². The van der Waals surface area contributed by atoms with Gasteiger partial charge in [-0.3, -0.25) is 4.90 Å². The SMILES string of the molecule is O=C(NCCN1CCSCC1)NCC1CCC(C(=O)O)O1. The average Bonchev–Trinajstić information content (AvgIpc) is 2.95. The number of carboxylic acid groups (broad SMARTS) is 1. The monoisotopic (exact) mass is 317 g/mol. The number of aliphatic carboxylic acids is 1. The fourth-order valence-corrected chi connectivity index (χ4v) is 3.44. The molecule has 0 radical (unpaired) electrons. The molecular formula is C13H23N3O4S. The minimum Gasteiger partial charge on any atom is -0.479 e. The van der Waals surface area contributed by atoms with Crippen LogP contribution < -0.4 is 10.6 Å². The van der Waals surface area contributed by atoms with Crippen molar-refractivity contribution in [3.8, 4) is 0 Å². The largest absolute Gasteiger partial charge is 0.479 e.